The van der Waals surface area contributed by atoms with Crippen LogP contribution in [0.4, 0.5) is 5.13 Å². The molecule has 4 rings (SSSR count). The van der Waals surface area contributed by atoms with Crippen molar-refractivity contribution in [3.8, 4) is 0 Å². The summed E-state index contributed by atoms with van der Waals surface area (Å²) in [6, 6.07) is 11.7. The Hall–Kier alpha value is -2.97. The zero-order valence-electron chi connectivity index (χ0n) is 17.4. The number of nitrogens with zero attached hydrogens (tertiary/aromatic N) is 2. The lowest BCUT2D eigenvalue weighted by atomic mass is 10.1. The summed E-state index contributed by atoms with van der Waals surface area (Å²) in [5.41, 5.74) is 2.30. The molecule has 0 saturated carbocycles. The molecule has 2 aromatic heterocycles. The maximum absolute atomic E-state index is 12.7. The van der Waals surface area contributed by atoms with Crippen molar-refractivity contribution < 1.29 is 18.7 Å². The van der Waals surface area contributed by atoms with Gasteiger partial charge in [0, 0.05) is 18.5 Å². The Labute approximate surface area is 185 Å². The number of hydrogen-bond donors (Lipinski definition) is 1. The summed E-state index contributed by atoms with van der Waals surface area (Å²) in [5, 5.41) is 5.04. The number of amides is 2. The molecule has 1 fully saturated rings. The Morgan fingerprint density at radius 3 is 2.71 bits per heavy atom. The molecular weight excluding hydrogens is 414 g/mol. The fourth-order valence-corrected chi connectivity index (χ4v) is 4.26. The predicted octanol–water partition coefficient (Wildman–Crippen LogP) is 4.05. The number of carbonyl (C=O) groups is 2. The van der Waals surface area contributed by atoms with Gasteiger partial charge in [-0.1, -0.05) is 30.3 Å². The van der Waals surface area contributed by atoms with Crippen molar-refractivity contribution >= 4 is 28.3 Å². The smallest absolute Gasteiger partial charge is 0.260 e. The molecule has 1 aliphatic heterocycles. The maximum atomic E-state index is 12.7. The van der Waals surface area contributed by atoms with Gasteiger partial charge in [0.25, 0.3) is 5.91 Å². The minimum Gasteiger partial charge on any atom is -0.469 e. The average molecular weight is 440 g/mol. The second-order valence-electron chi connectivity index (χ2n) is 7.54. The van der Waals surface area contributed by atoms with Gasteiger partial charge in [-0.05, 0) is 31.4 Å². The highest BCUT2D eigenvalue weighted by atomic mass is 32.1. The predicted molar refractivity (Wildman–Crippen MR) is 118 cm³/mol. The first-order chi connectivity index (χ1) is 15.1. The van der Waals surface area contributed by atoms with Gasteiger partial charge >= 0.3 is 0 Å². The fourth-order valence-electron chi connectivity index (χ4n) is 3.56. The maximum Gasteiger partial charge on any atom is 0.260 e. The molecule has 1 saturated heterocycles. The van der Waals surface area contributed by atoms with E-state index in [1.165, 1.54) is 17.6 Å². The standard InChI is InChI=1S/C23H25N3O4S/c1-16-20(9-12-29-16)22(28)25-23-24-18(15-31-23)13-21(27)26-10-7-19(8-11-26)30-14-17-5-3-2-4-6-17/h2-6,9,12,15,19H,7-8,10-11,13-14H2,1H3,(H,24,25,28). The molecule has 1 aliphatic rings. The van der Waals surface area contributed by atoms with Crippen molar-refractivity contribution in [2.24, 2.45) is 0 Å². The molecule has 0 bridgehead atoms. The van der Waals surface area contributed by atoms with Crippen LogP contribution in [0.15, 0.2) is 52.5 Å². The molecule has 3 aromatic rings. The second-order valence-corrected chi connectivity index (χ2v) is 8.40. The van der Waals surface area contributed by atoms with Gasteiger partial charge in [-0.15, -0.1) is 11.3 Å². The number of nitrogens with one attached hydrogen (secondary N) is 1. The highest BCUT2D eigenvalue weighted by Crippen LogP contribution is 2.20. The third kappa shape index (κ3) is 5.59. The fraction of sp³-hybridized carbons (Fsp3) is 0.348. The van der Waals surface area contributed by atoms with E-state index in [0.29, 0.717) is 41.8 Å². The van der Waals surface area contributed by atoms with E-state index in [4.69, 9.17) is 9.15 Å². The quantitative estimate of drug-likeness (QED) is 0.600. The number of rotatable bonds is 7. The zero-order chi connectivity index (χ0) is 21.6. The number of hydrogen-bond acceptors (Lipinski definition) is 6. The molecule has 162 valence electrons. The van der Waals surface area contributed by atoms with Crippen molar-refractivity contribution in [3.05, 3.63) is 70.6 Å². The Morgan fingerprint density at radius 2 is 2.00 bits per heavy atom. The lowest BCUT2D eigenvalue weighted by Crippen LogP contribution is -2.41. The van der Waals surface area contributed by atoms with Crippen LogP contribution in [0.3, 0.4) is 0 Å². The van der Waals surface area contributed by atoms with Crippen LogP contribution in [0.25, 0.3) is 0 Å². The summed E-state index contributed by atoms with van der Waals surface area (Å²) in [7, 11) is 0. The summed E-state index contributed by atoms with van der Waals surface area (Å²) in [6.07, 6.45) is 3.55. The van der Waals surface area contributed by atoms with Gasteiger partial charge in [0.2, 0.25) is 5.91 Å². The van der Waals surface area contributed by atoms with Crippen LogP contribution in [0.1, 0.15) is 40.2 Å². The van der Waals surface area contributed by atoms with Crippen molar-refractivity contribution in [1.82, 2.24) is 9.88 Å². The number of furan rings is 1. The highest BCUT2D eigenvalue weighted by Gasteiger charge is 2.24. The Balaban J connectivity index is 1.22. The molecule has 1 aromatic carbocycles. The minimum atomic E-state index is -0.268. The van der Waals surface area contributed by atoms with Crippen molar-refractivity contribution in [3.63, 3.8) is 0 Å². The van der Waals surface area contributed by atoms with Crippen LogP contribution in [0, 0.1) is 6.92 Å². The third-order valence-electron chi connectivity index (χ3n) is 5.33. The van der Waals surface area contributed by atoms with Crippen LogP contribution >= 0.6 is 11.3 Å². The number of piperidine rings is 1. The lowest BCUT2D eigenvalue weighted by molar-refractivity contribution is -0.133. The van der Waals surface area contributed by atoms with Gasteiger partial charge < -0.3 is 14.1 Å². The summed E-state index contributed by atoms with van der Waals surface area (Å²) in [5.74, 6) is 0.340. The van der Waals surface area contributed by atoms with E-state index >= 15 is 0 Å². The number of benzene rings is 1. The molecule has 2 amide bonds. The Morgan fingerprint density at radius 1 is 1.23 bits per heavy atom. The number of aromatic nitrogens is 1. The number of anilines is 1. The molecule has 0 aliphatic carbocycles. The number of carbonyl (C=O) groups excluding carboxylic acids is 2. The second kappa shape index (κ2) is 9.89. The molecule has 8 heteroatoms. The first kappa shape index (κ1) is 21.3. The molecule has 0 unspecified atom stereocenters. The van der Waals surface area contributed by atoms with Gasteiger partial charge in [0.1, 0.15) is 5.76 Å². The van der Waals surface area contributed by atoms with Crippen molar-refractivity contribution in [2.75, 3.05) is 18.4 Å². The molecule has 7 nitrogen and oxygen atoms in total. The summed E-state index contributed by atoms with van der Waals surface area (Å²) < 4.78 is 11.2. The molecule has 31 heavy (non-hydrogen) atoms. The van der Waals surface area contributed by atoms with E-state index in [0.717, 1.165) is 18.4 Å². The van der Waals surface area contributed by atoms with Crippen LogP contribution in [-0.4, -0.2) is 40.9 Å². The van der Waals surface area contributed by atoms with E-state index in [1.807, 2.05) is 28.5 Å². The first-order valence-electron chi connectivity index (χ1n) is 10.3. The van der Waals surface area contributed by atoms with Crippen molar-refractivity contribution in [2.45, 2.75) is 38.9 Å². The first-order valence-corrected chi connectivity index (χ1v) is 11.2. The molecule has 0 radical (unpaired) electrons. The summed E-state index contributed by atoms with van der Waals surface area (Å²) in [4.78, 5) is 31.2. The van der Waals surface area contributed by atoms with E-state index in [2.05, 4.69) is 22.4 Å². The van der Waals surface area contributed by atoms with E-state index < -0.39 is 0 Å². The van der Waals surface area contributed by atoms with Gasteiger partial charge in [0.05, 0.1) is 36.7 Å². The number of aryl methyl sites for hydroxylation is 1. The van der Waals surface area contributed by atoms with Gasteiger partial charge in [-0.2, -0.15) is 0 Å². The largest absolute Gasteiger partial charge is 0.469 e. The van der Waals surface area contributed by atoms with Crippen LogP contribution in [0.5, 0.6) is 0 Å². The van der Waals surface area contributed by atoms with Gasteiger partial charge in [-0.25, -0.2) is 4.98 Å². The Kier molecular flexibility index (Phi) is 6.79. The van der Waals surface area contributed by atoms with Gasteiger partial charge in [0.15, 0.2) is 5.13 Å². The normalized spacial score (nSPS) is 14.5. The van der Waals surface area contributed by atoms with Crippen LogP contribution in [0.2, 0.25) is 0 Å². The lowest BCUT2D eigenvalue weighted by Gasteiger charge is -2.32. The molecule has 1 N–H and O–H groups in total. The molecule has 0 spiro atoms. The summed E-state index contributed by atoms with van der Waals surface area (Å²) >= 11 is 1.31. The van der Waals surface area contributed by atoms with E-state index in [9.17, 15) is 9.59 Å². The Bertz CT molecular complexity index is 1020. The minimum absolute atomic E-state index is 0.0513. The number of likely N-dealkylation sites (tertiary alicyclic amines) is 1. The zero-order valence-corrected chi connectivity index (χ0v) is 18.2. The highest BCUT2D eigenvalue weighted by molar-refractivity contribution is 7.14. The van der Waals surface area contributed by atoms with Crippen molar-refractivity contribution in [1.29, 1.82) is 0 Å². The van der Waals surface area contributed by atoms with Crippen LogP contribution < -0.4 is 5.32 Å². The average Bonchev–Trinajstić information content (AvgIpc) is 3.42. The molecular formula is C23H25N3O4S. The number of ether oxygens (including phenoxy) is 1. The number of thiazole rings is 1. The van der Waals surface area contributed by atoms with Crippen LogP contribution in [-0.2, 0) is 22.6 Å². The topological polar surface area (TPSA) is 84.7 Å². The van der Waals surface area contributed by atoms with Gasteiger partial charge in [-0.3, -0.25) is 14.9 Å². The third-order valence-corrected chi connectivity index (χ3v) is 6.14. The monoisotopic (exact) mass is 439 g/mol. The molecule has 0 atom stereocenters. The van der Waals surface area contributed by atoms with E-state index in [1.54, 1.807) is 13.0 Å². The molecule has 3 heterocycles. The SMILES string of the molecule is Cc1occc1C(=O)Nc1nc(CC(=O)N2CCC(OCc3ccccc3)CC2)cs1. The van der Waals surface area contributed by atoms with E-state index in [-0.39, 0.29) is 24.3 Å². The summed E-state index contributed by atoms with van der Waals surface area (Å²) in [6.45, 7) is 3.71.